The summed E-state index contributed by atoms with van der Waals surface area (Å²) in [4.78, 5) is 27.8. The maximum Gasteiger partial charge on any atom is 0.323 e. The van der Waals surface area contributed by atoms with E-state index in [0.29, 0.717) is 24.6 Å². The molecule has 0 radical (unpaired) electrons. The average molecular weight is 474 g/mol. The zero-order valence-corrected chi connectivity index (χ0v) is 21.9. The first-order valence-electron chi connectivity index (χ1n) is 12.5. The van der Waals surface area contributed by atoms with Crippen molar-refractivity contribution in [2.75, 3.05) is 0 Å². The fraction of sp³-hybridized carbons (Fsp3) is 0.667. The van der Waals surface area contributed by atoms with E-state index >= 15 is 0 Å². The van der Waals surface area contributed by atoms with Gasteiger partial charge in [0.1, 0.15) is 11.6 Å². The molecule has 1 saturated heterocycles. The summed E-state index contributed by atoms with van der Waals surface area (Å²) in [6.07, 6.45) is 3.27. The molecule has 34 heavy (non-hydrogen) atoms. The first-order chi connectivity index (χ1) is 16.0. The fourth-order valence-electron chi connectivity index (χ4n) is 5.09. The minimum atomic E-state index is -0.615. The van der Waals surface area contributed by atoms with Crippen molar-refractivity contribution in [2.45, 2.75) is 104 Å². The Morgan fingerprint density at radius 2 is 1.79 bits per heavy atom. The summed E-state index contributed by atoms with van der Waals surface area (Å²) in [5.74, 6) is -0.153. The smallest absolute Gasteiger partial charge is 0.323 e. The first-order valence-corrected chi connectivity index (χ1v) is 12.5. The first kappa shape index (κ1) is 27.8. The van der Waals surface area contributed by atoms with Crippen molar-refractivity contribution in [1.82, 2.24) is 10.2 Å². The summed E-state index contributed by atoms with van der Waals surface area (Å²) in [6.45, 7) is 13.8. The Labute approximate surface area is 204 Å². The third-order valence-electron chi connectivity index (χ3n) is 6.80. The van der Waals surface area contributed by atoms with Gasteiger partial charge in [0.25, 0.3) is 0 Å². The second-order valence-electron chi connectivity index (χ2n) is 10.5. The SMILES string of the molecule is CCC(CC)C[C@H](NC(C)=O)[C@H]1[C@H](/C(C)=N\O)C[C@H](C(=O)OC(C)(C)C)N1Cc1ccccc1. The molecule has 7 nitrogen and oxygen atoms in total. The number of carbonyl (C=O) groups is 2. The number of hydrogen-bond acceptors (Lipinski definition) is 6. The van der Waals surface area contributed by atoms with Gasteiger partial charge in [0.15, 0.2) is 0 Å². The van der Waals surface area contributed by atoms with Crippen LogP contribution in [0.3, 0.4) is 0 Å². The Balaban J connectivity index is 2.56. The van der Waals surface area contributed by atoms with Crippen LogP contribution in [0.15, 0.2) is 35.5 Å². The molecule has 0 bridgehead atoms. The van der Waals surface area contributed by atoms with Crippen LogP contribution in [-0.4, -0.2) is 51.4 Å². The van der Waals surface area contributed by atoms with Crippen molar-refractivity contribution < 1.29 is 19.5 Å². The number of nitrogens with zero attached hydrogens (tertiary/aromatic N) is 2. The molecular weight excluding hydrogens is 430 g/mol. The summed E-state index contributed by atoms with van der Waals surface area (Å²) in [5.41, 5.74) is 1.02. The Kier molecular flexibility index (Phi) is 10.1. The number of nitrogens with one attached hydrogen (secondary N) is 1. The highest BCUT2D eigenvalue weighted by molar-refractivity contribution is 5.87. The van der Waals surface area contributed by atoms with Gasteiger partial charge in [-0.3, -0.25) is 14.5 Å². The van der Waals surface area contributed by atoms with E-state index in [-0.39, 0.29) is 29.9 Å². The van der Waals surface area contributed by atoms with Gasteiger partial charge in [0.2, 0.25) is 5.91 Å². The van der Waals surface area contributed by atoms with Crippen LogP contribution in [0.5, 0.6) is 0 Å². The third-order valence-corrected chi connectivity index (χ3v) is 6.80. The van der Waals surface area contributed by atoms with Crippen molar-refractivity contribution in [3.63, 3.8) is 0 Å². The van der Waals surface area contributed by atoms with E-state index in [1.54, 1.807) is 6.92 Å². The molecule has 0 unspecified atom stereocenters. The van der Waals surface area contributed by atoms with Crippen molar-refractivity contribution in [3.05, 3.63) is 35.9 Å². The van der Waals surface area contributed by atoms with Crippen molar-refractivity contribution in [1.29, 1.82) is 0 Å². The van der Waals surface area contributed by atoms with Gasteiger partial charge in [-0.15, -0.1) is 0 Å². The van der Waals surface area contributed by atoms with Crippen LogP contribution < -0.4 is 5.32 Å². The van der Waals surface area contributed by atoms with E-state index in [9.17, 15) is 14.8 Å². The topological polar surface area (TPSA) is 91.2 Å². The van der Waals surface area contributed by atoms with E-state index in [1.807, 2.05) is 51.1 Å². The second kappa shape index (κ2) is 12.3. The molecule has 0 aliphatic carbocycles. The molecule has 190 valence electrons. The van der Waals surface area contributed by atoms with Gasteiger partial charge in [-0.25, -0.2) is 0 Å². The van der Waals surface area contributed by atoms with Gasteiger partial charge in [-0.05, 0) is 52.0 Å². The largest absolute Gasteiger partial charge is 0.459 e. The zero-order valence-electron chi connectivity index (χ0n) is 21.9. The van der Waals surface area contributed by atoms with Crippen LogP contribution in [0, 0.1) is 11.8 Å². The van der Waals surface area contributed by atoms with Crippen LogP contribution in [0.1, 0.15) is 79.7 Å². The highest BCUT2D eigenvalue weighted by Gasteiger charge is 2.50. The van der Waals surface area contributed by atoms with Crippen LogP contribution in [0.25, 0.3) is 0 Å². The maximum atomic E-state index is 13.4. The number of oxime groups is 1. The molecule has 1 amide bonds. The maximum absolute atomic E-state index is 13.4. The molecule has 2 rings (SSSR count). The average Bonchev–Trinajstić information content (AvgIpc) is 3.14. The Hall–Kier alpha value is -2.41. The summed E-state index contributed by atoms with van der Waals surface area (Å²) >= 11 is 0. The van der Waals surface area contributed by atoms with Gasteiger partial charge >= 0.3 is 5.97 Å². The second-order valence-corrected chi connectivity index (χ2v) is 10.5. The molecule has 0 aromatic heterocycles. The van der Waals surface area contributed by atoms with Crippen LogP contribution in [-0.2, 0) is 20.9 Å². The van der Waals surface area contributed by atoms with E-state index < -0.39 is 11.6 Å². The highest BCUT2D eigenvalue weighted by Crippen LogP contribution is 2.38. The van der Waals surface area contributed by atoms with Gasteiger partial charge in [-0.2, -0.15) is 0 Å². The van der Waals surface area contributed by atoms with Crippen molar-refractivity contribution in [3.8, 4) is 0 Å². The molecule has 1 aromatic rings. The van der Waals surface area contributed by atoms with Crippen molar-refractivity contribution >= 4 is 17.6 Å². The third kappa shape index (κ3) is 7.55. The normalized spacial score (nSPS) is 22.6. The molecule has 0 saturated carbocycles. The van der Waals surface area contributed by atoms with E-state index in [0.717, 1.165) is 24.8 Å². The molecule has 1 aliphatic rings. The number of carbonyl (C=O) groups excluding carboxylic acids is 2. The van der Waals surface area contributed by atoms with Crippen LogP contribution >= 0.6 is 0 Å². The minimum Gasteiger partial charge on any atom is -0.459 e. The van der Waals surface area contributed by atoms with Gasteiger partial charge in [-0.1, -0.05) is 62.2 Å². The lowest BCUT2D eigenvalue weighted by Crippen LogP contribution is -2.54. The number of rotatable bonds is 10. The quantitative estimate of drug-likeness (QED) is 0.221. The summed E-state index contributed by atoms with van der Waals surface area (Å²) in [7, 11) is 0. The lowest BCUT2D eigenvalue weighted by Gasteiger charge is -2.38. The summed E-state index contributed by atoms with van der Waals surface area (Å²) in [6, 6.07) is 9.10. The Morgan fingerprint density at radius 3 is 2.29 bits per heavy atom. The zero-order chi connectivity index (χ0) is 25.5. The Morgan fingerprint density at radius 1 is 1.18 bits per heavy atom. The molecule has 0 spiro atoms. The molecule has 4 atom stereocenters. The lowest BCUT2D eigenvalue weighted by atomic mass is 9.84. The predicted molar refractivity (Wildman–Crippen MR) is 135 cm³/mol. The van der Waals surface area contributed by atoms with Gasteiger partial charge < -0.3 is 15.3 Å². The molecule has 1 aromatic carbocycles. The number of ether oxygens (including phenoxy) is 1. The highest BCUT2D eigenvalue weighted by atomic mass is 16.6. The van der Waals surface area contributed by atoms with Crippen LogP contribution in [0.2, 0.25) is 0 Å². The molecule has 2 N–H and O–H groups in total. The summed E-state index contributed by atoms with van der Waals surface area (Å²) < 4.78 is 5.81. The standard InChI is InChI=1S/C27H43N3O4/c1-8-20(9-2)15-23(28-19(4)31)25-22(18(3)29-33)16-24(26(32)34-27(5,6)7)30(25)17-21-13-11-10-12-14-21/h10-14,20,22-25,33H,8-9,15-17H2,1-7H3,(H,28,31)/b29-18-/t22-,23-,24+,25+/m0/s1. The van der Waals surface area contributed by atoms with Gasteiger partial charge in [0, 0.05) is 31.5 Å². The van der Waals surface area contributed by atoms with E-state index in [1.165, 1.54) is 6.92 Å². The van der Waals surface area contributed by atoms with Gasteiger partial charge in [0.05, 0.1) is 5.71 Å². The predicted octanol–water partition coefficient (Wildman–Crippen LogP) is 4.77. The molecule has 1 fully saturated rings. The molecular formula is C27H43N3O4. The number of esters is 1. The lowest BCUT2D eigenvalue weighted by molar-refractivity contribution is -0.161. The van der Waals surface area contributed by atoms with Crippen LogP contribution in [0.4, 0.5) is 0 Å². The van der Waals surface area contributed by atoms with Crippen molar-refractivity contribution in [2.24, 2.45) is 17.0 Å². The number of amides is 1. The number of likely N-dealkylation sites (tertiary alicyclic amines) is 1. The monoisotopic (exact) mass is 473 g/mol. The van der Waals surface area contributed by atoms with E-state index in [4.69, 9.17) is 4.74 Å². The Bertz CT molecular complexity index is 830. The molecule has 7 heteroatoms. The fourth-order valence-corrected chi connectivity index (χ4v) is 5.09. The molecule has 1 aliphatic heterocycles. The number of hydrogen-bond donors (Lipinski definition) is 2. The minimum absolute atomic E-state index is 0.103. The van der Waals surface area contributed by atoms with E-state index in [2.05, 4.69) is 29.2 Å². The number of benzene rings is 1. The molecule has 1 heterocycles. The summed E-state index contributed by atoms with van der Waals surface area (Å²) in [5, 5.41) is 16.4.